The topological polar surface area (TPSA) is 59.1 Å². The second-order valence-electron chi connectivity index (χ2n) is 8.34. The molecule has 1 heterocycles. The van der Waals surface area contributed by atoms with Gasteiger partial charge in [0.2, 0.25) is 5.91 Å². The first-order valence-electron chi connectivity index (χ1n) is 10.7. The van der Waals surface area contributed by atoms with E-state index in [1.54, 1.807) is 26.2 Å². The maximum atomic E-state index is 13.2. The van der Waals surface area contributed by atoms with Gasteiger partial charge >= 0.3 is 0 Å². The fraction of sp³-hybridized carbons (Fsp3) is 0.440. The SMILES string of the molecule is COc1ccc(CN(C)C(=O)C2CCCN(C(=O)c3cc(C)cc(C)c3)C2)c(OC)c1. The van der Waals surface area contributed by atoms with Crippen molar-refractivity contribution < 1.29 is 19.1 Å². The molecule has 0 aliphatic carbocycles. The van der Waals surface area contributed by atoms with Crippen LogP contribution in [0.25, 0.3) is 0 Å². The molecule has 2 aromatic carbocycles. The molecule has 1 atom stereocenters. The van der Waals surface area contributed by atoms with E-state index < -0.39 is 0 Å². The number of ether oxygens (including phenoxy) is 2. The summed E-state index contributed by atoms with van der Waals surface area (Å²) < 4.78 is 10.7. The van der Waals surface area contributed by atoms with Gasteiger partial charge in [0.05, 0.1) is 20.1 Å². The minimum atomic E-state index is -0.196. The van der Waals surface area contributed by atoms with Gasteiger partial charge in [-0.1, -0.05) is 17.2 Å². The van der Waals surface area contributed by atoms with Crippen LogP contribution in [0.2, 0.25) is 0 Å². The van der Waals surface area contributed by atoms with E-state index in [9.17, 15) is 9.59 Å². The van der Waals surface area contributed by atoms with Crippen molar-refractivity contribution >= 4 is 11.8 Å². The zero-order chi connectivity index (χ0) is 22.5. The molecule has 0 radical (unpaired) electrons. The molecule has 0 spiro atoms. The third-order valence-electron chi connectivity index (χ3n) is 5.80. The fourth-order valence-corrected chi connectivity index (χ4v) is 4.27. The van der Waals surface area contributed by atoms with Crippen LogP contribution in [0.3, 0.4) is 0 Å². The molecule has 1 fully saturated rings. The number of carbonyl (C=O) groups is 2. The van der Waals surface area contributed by atoms with Crippen LogP contribution in [-0.4, -0.2) is 56.0 Å². The first kappa shape index (κ1) is 22.7. The number of benzene rings is 2. The Hall–Kier alpha value is -3.02. The molecule has 3 rings (SSSR count). The van der Waals surface area contributed by atoms with Crippen LogP contribution in [0, 0.1) is 19.8 Å². The molecule has 2 aromatic rings. The average molecular weight is 425 g/mol. The summed E-state index contributed by atoms with van der Waals surface area (Å²) >= 11 is 0. The van der Waals surface area contributed by atoms with Crippen LogP contribution in [0.1, 0.15) is 39.9 Å². The molecule has 0 bridgehead atoms. The van der Waals surface area contributed by atoms with Crippen molar-refractivity contribution in [2.24, 2.45) is 5.92 Å². The highest BCUT2D eigenvalue weighted by atomic mass is 16.5. The molecule has 1 saturated heterocycles. The predicted octanol–water partition coefficient (Wildman–Crippen LogP) is 3.83. The van der Waals surface area contributed by atoms with Gasteiger partial charge in [0.25, 0.3) is 5.91 Å². The number of methoxy groups -OCH3 is 2. The Labute approximate surface area is 184 Å². The first-order chi connectivity index (χ1) is 14.8. The predicted molar refractivity (Wildman–Crippen MR) is 121 cm³/mol. The minimum Gasteiger partial charge on any atom is -0.497 e. The number of nitrogens with zero attached hydrogens (tertiary/aromatic N) is 2. The molecule has 1 aliphatic heterocycles. The monoisotopic (exact) mass is 424 g/mol. The Bertz CT molecular complexity index is 936. The molecule has 1 unspecified atom stereocenters. The molecule has 6 nitrogen and oxygen atoms in total. The summed E-state index contributed by atoms with van der Waals surface area (Å²) in [6.07, 6.45) is 1.62. The molecular formula is C25H32N2O4. The van der Waals surface area contributed by atoms with E-state index >= 15 is 0 Å². The van der Waals surface area contributed by atoms with Crippen molar-refractivity contribution in [2.75, 3.05) is 34.4 Å². The molecule has 166 valence electrons. The normalized spacial score (nSPS) is 16.0. The fourth-order valence-electron chi connectivity index (χ4n) is 4.27. The van der Waals surface area contributed by atoms with Crippen molar-refractivity contribution in [1.82, 2.24) is 9.80 Å². The second kappa shape index (κ2) is 9.86. The van der Waals surface area contributed by atoms with E-state index in [0.717, 1.165) is 29.5 Å². The van der Waals surface area contributed by atoms with Crippen LogP contribution in [0.5, 0.6) is 11.5 Å². The number of rotatable bonds is 6. The number of amides is 2. The molecule has 0 N–H and O–H groups in total. The quantitative estimate of drug-likeness (QED) is 0.707. The van der Waals surface area contributed by atoms with Crippen LogP contribution in [0.15, 0.2) is 36.4 Å². The van der Waals surface area contributed by atoms with Crippen molar-refractivity contribution in [2.45, 2.75) is 33.2 Å². The minimum absolute atomic E-state index is 0.00350. The van der Waals surface area contributed by atoms with Crippen molar-refractivity contribution in [1.29, 1.82) is 0 Å². The van der Waals surface area contributed by atoms with Gasteiger partial charge in [0, 0.05) is 43.9 Å². The highest BCUT2D eigenvalue weighted by molar-refractivity contribution is 5.95. The van der Waals surface area contributed by atoms with Gasteiger partial charge in [-0.05, 0) is 51.0 Å². The number of carbonyl (C=O) groups excluding carboxylic acids is 2. The molecule has 0 aromatic heterocycles. The third kappa shape index (κ3) is 5.37. The molecule has 31 heavy (non-hydrogen) atoms. The zero-order valence-electron chi connectivity index (χ0n) is 19.1. The van der Waals surface area contributed by atoms with E-state index in [1.807, 2.05) is 49.1 Å². The van der Waals surface area contributed by atoms with Crippen molar-refractivity contribution in [3.8, 4) is 11.5 Å². The van der Waals surface area contributed by atoms with E-state index in [4.69, 9.17) is 9.47 Å². The van der Waals surface area contributed by atoms with Crippen molar-refractivity contribution in [3.05, 3.63) is 58.7 Å². The summed E-state index contributed by atoms with van der Waals surface area (Å²) in [6.45, 7) is 5.57. The standard InChI is InChI=1S/C25H32N2O4/c1-17-11-18(2)13-21(12-17)25(29)27-10-6-7-20(16-27)24(28)26(3)15-19-8-9-22(30-4)14-23(19)31-5/h8-9,11-14,20H,6-7,10,15-16H2,1-5H3. The maximum Gasteiger partial charge on any atom is 0.253 e. The van der Waals surface area contributed by atoms with Crippen molar-refractivity contribution in [3.63, 3.8) is 0 Å². The molecule has 1 aliphatic rings. The number of likely N-dealkylation sites (tertiary alicyclic amines) is 1. The lowest BCUT2D eigenvalue weighted by Crippen LogP contribution is -2.45. The van der Waals surface area contributed by atoms with Crippen LogP contribution < -0.4 is 9.47 Å². The lowest BCUT2D eigenvalue weighted by Gasteiger charge is -2.34. The Kier molecular flexibility index (Phi) is 7.21. The van der Waals surface area contributed by atoms with Gasteiger partial charge in [0.1, 0.15) is 11.5 Å². The Morgan fingerprint density at radius 2 is 1.77 bits per heavy atom. The summed E-state index contributed by atoms with van der Waals surface area (Å²) in [5.41, 5.74) is 3.75. The lowest BCUT2D eigenvalue weighted by molar-refractivity contribution is -0.136. The molecule has 6 heteroatoms. The van der Waals surface area contributed by atoms with Gasteiger partial charge < -0.3 is 19.3 Å². The summed E-state index contributed by atoms with van der Waals surface area (Å²) in [6, 6.07) is 11.5. The van der Waals surface area contributed by atoms with E-state index in [2.05, 4.69) is 6.07 Å². The highest BCUT2D eigenvalue weighted by Gasteiger charge is 2.31. The summed E-state index contributed by atoms with van der Waals surface area (Å²) in [5, 5.41) is 0. The zero-order valence-corrected chi connectivity index (χ0v) is 19.1. The van der Waals surface area contributed by atoms with Crippen LogP contribution in [-0.2, 0) is 11.3 Å². The Morgan fingerprint density at radius 3 is 2.42 bits per heavy atom. The number of hydrogen-bond acceptors (Lipinski definition) is 4. The summed E-state index contributed by atoms with van der Waals surface area (Å²) in [4.78, 5) is 29.8. The largest absolute Gasteiger partial charge is 0.497 e. The second-order valence-corrected chi connectivity index (χ2v) is 8.34. The smallest absolute Gasteiger partial charge is 0.253 e. The molecule has 0 saturated carbocycles. The van der Waals surface area contributed by atoms with E-state index in [-0.39, 0.29) is 17.7 Å². The third-order valence-corrected chi connectivity index (χ3v) is 5.80. The Morgan fingerprint density at radius 1 is 1.06 bits per heavy atom. The van der Waals surface area contributed by atoms with Gasteiger partial charge in [-0.2, -0.15) is 0 Å². The summed E-state index contributed by atoms with van der Waals surface area (Å²) in [5.74, 6) is 1.26. The van der Waals surface area contributed by atoms with Gasteiger partial charge in [-0.3, -0.25) is 9.59 Å². The Balaban J connectivity index is 1.68. The first-order valence-corrected chi connectivity index (χ1v) is 10.7. The number of aryl methyl sites for hydroxylation is 2. The average Bonchev–Trinajstić information content (AvgIpc) is 2.77. The maximum absolute atomic E-state index is 13.2. The van der Waals surface area contributed by atoms with Gasteiger partial charge in [0.15, 0.2) is 0 Å². The number of piperidine rings is 1. The molecular weight excluding hydrogens is 392 g/mol. The molecule has 2 amide bonds. The van der Waals surface area contributed by atoms with E-state index in [0.29, 0.717) is 36.7 Å². The van der Waals surface area contributed by atoms with E-state index in [1.165, 1.54) is 0 Å². The lowest BCUT2D eigenvalue weighted by atomic mass is 9.95. The summed E-state index contributed by atoms with van der Waals surface area (Å²) in [7, 11) is 5.02. The van der Waals surface area contributed by atoms with Gasteiger partial charge in [-0.15, -0.1) is 0 Å². The van der Waals surface area contributed by atoms with Gasteiger partial charge in [-0.25, -0.2) is 0 Å². The van der Waals surface area contributed by atoms with Crippen LogP contribution >= 0.6 is 0 Å². The number of hydrogen-bond donors (Lipinski definition) is 0. The van der Waals surface area contributed by atoms with Crippen LogP contribution in [0.4, 0.5) is 0 Å². The highest BCUT2D eigenvalue weighted by Crippen LogP contribution is 2.27.